The van der Waals surface area contributed by atoms with E-state index in [0.717, 1.165) is 5.56 Å². The summed E-state index contributed by atoms with van der Waals surface area (Å²) in [5.74, 6) is 0.993. The fraction of sp³-hybridized carbons (Fsp3) is 0.0625. The molecule has 0 aliphatic carbocycles. The molecular weight excluding hydrogens is 266 g/mol. The summed E-state index contributed by atoms with van der Waals surface area (Å²) in [5, 5.41) is 6.63. The Balaban J connectivity index is 1.66. The first-order valence-electron chi connectivity index (χ1n) is 6.53. The zero-order valence-corrected chi connectivity index (χ0v) is 11.2. The summed E-state index contributed by atoms with van der Waals surface area (Å²) in [5.41, 5.74) is 1.52. The first-order valence-corrected chi connectivity index (χ1v) is 6.53. The number of amides is 1. The predicted octanol–water partition coefficient (Wildman–Crippen LogP) is 2.92. The van der Waals surface area contributed by atoms with Crippen molar-refractivity contribution in [2.45, 2.75) is 6.42 Å². The standard InChI is InChI=1S/C16H13N3O2/c20-16(18-15-8-4-5-9-17-15)11-13-10-14(21-19-13)12-6-2-1-3-7-12/h1-10H,11H2,(H,17,18,20). The molecule has 0 bridgehead atoms. The minimum atomic E-state index is -0.179. The van der Waals surface area contributed by atoms with Gasteiger partial charge in [-0.25, -0.2) is 4.98 Å². The van der Waals surface area contributed by atoms with Crippen molar-refractivity contribution in [2.24, 2.45) is 0 Å². The van der Waals surface area contributed by atoms with Crippen molar-refractivity contribution in [3.63, 3.8) is 0 Å². The Hall–Kier alpha value is -2.95. The topological polar surface area (TPSA) is 68.0 Å². The molecule has 5 nitrogen and oxygen atoms in total. The van der Waals surface area contributed by atoms with Gasteiger partial charge >= 0.3 is 0 Å². The number of rotatable bonds is 4. The number of hydrogen-bond donors (Lipinski definition) is 1. The second-order valence-electron chi connectivity index (χ2n) is 4.49. The zero-order chi connectivity index (χ0) is 14.5. The molecule has 2 heterocycles. The van der Waals surface area contributed by atoms with Crippen LogP contribution in [0.15, 0.2) is 65.3 Å². The largest absolute Gasteiger partial charge is 0.356 e. The van der Waals surface area contributed by atoms with Gasteiger partial charge in [0.05, 0.1) is 12.1 Å². The van der Waals surface area contributed by atoms with Gasteiger partial charge in [-0.1, -0.05) is 41.6 Å². The zero-order valence-electron chi connectivity index (χ0n) is 11.2. The summed E-state index contributed by atoms with van der Waals surface area (Å²) in [6, 6.07) is 16.7. The van der Waals surface area contributed by atoms with Crippen molar-refractivity contribution >= 4 is 11.7 Å². The van der Waals surface area contributed by atoms with Gasteiger partial charge < -0.3 is 9.84 Å². The minimum Gasteiger partial charge on any atom is -0.356 e. The monoisotopic (exact) mass is 279 g/mol. The predicted molar refractivity (Wildman–Crippen MR) is 78.5 cm³/mol. The van der Waals surface area contributed by atoms with E-state index in [1.807, 2.05) is 36.4 Å². The number of nitrogens with zero attached hydrogens (tertiary/aromatic N) is 2. The number of benzene rings is 1. The van der Waals surface area contributed by atoms with Crippen molar-refractivity contribution in [3.8, 4) is 11.3 Å². The van der Waals surface area contributed by atoms with Gasteiger partial charge in [-0.3, -0.25) is 4.79 Å². The molecule has 0 saturated heterocycles. The smallest absolute Gasteiger partial charge is 0.231 e. The number of anilines is 1. The summed E-state index contributed by atoms with van der Waals surface area (Å²) in [7, 11) is 0. The van der Waals surface area contributed by atoms with Crippen LogP contribution in [0.2, 0.25) is 0 Å². The van der Waals surface area contributed by atoms with Crippen LogP contribution in [0.4, 0.5) is 5.82 Å². The van der Waals surface area contributed by atoms with Crippen molar-refractivity contribution in [2.75, 3.05) is 5.32 Å². The first kappa shape index (κ1) is 13.1. The van der Waals surface area contributed by atoms with E-state index in [1.165, 1.54) is 0 Å². The van der Waals surface area contributed by atoms with E-state index >= 15 is 0 Å². The van der Waals surface area contributed by atoms with E-state index < -0.39 is 0 Å². The molecule has 21 heavy (non-hydrogen) atoms. The number of aromatic nitrogens is 2. The number of nitrogens with one attached hydrogen (secondary N) is 1. The highest BCUT2D eigenvalue weighted by molar-refractivity contribution is 5.91. The summed E-state index contributed by atoms with van der Waals surface area (Å²) in [6.45, 7) is 0. The lowest BCUT2D eigenvalue weighted by molar-refractivity contribution is -0.115. The molecule has 1 aromatic carbocycles. The van der Waals surface area contributed by atoms with Crippen LogP contribution in [0.3, 0.4) is 0 Å². The molecule has 1 amide bonds. The molecule has 3 rings (SSSR count). The number of carbonyl (C=O) groups is 1. The summed E-state index contributed by atoms with van der Waals surface area (Å²) < 4.78 is 5.26. The Morgan fingerprint density at radius 3 is 2.67 bits per heavy atom. The Labute approximate surface area is 121 Å². The van der Waals surface area contributed by atoms with Crippen molar-refractivity contribution in [1.82, 2.24) is 10.1 Å². The van der Waals surface area contributed by atoms with Crippen LogP contribution in [0.1, 0.15) is 5.69 Å². The maximum Gasteiger partial charge on any atom is 0.231 e. The van der Waals surface area contributed by atoms with Crippen LogP contribution >= 0.6 is 0 Å². The molecule has 5 heteroatoms. The van der Waals surface area contributed by atoms with Crippen LogP contribution < -0.4 is 5.32 Å². The van der Waals surface area contributed by atoms with Gasteiger partial charge in [-0.15, -0.1) is 0 Å². The molecule has 0 aliphatic heterocycles. The Morgan fingerprint density at radius 1 is 1.10 bits per heavy atom. The minimum absolute atomic E-state index is 0.146. The molecule has 0 saturated carbocycles. The van der Waals surface area contributed by atoms with Crippen molar-refractivity contribution in [3.05, 3.63) is 66.5 Å². The van der Waals surface area contributed by atoms with Crippen molar-refractivity contribution < 1.29 is 9.32 Å². The van der Waals surface area contributed by atoms with E-state index in [-0.39, 0.29) is 12.3 Å². The number of carbonyl (C=O) groups excluding carboxylic acids is 1. The lowest BCUT2D eigenvalue weighted by Crippen LogP contribution is -2.15. The molecule has 0 spiro atoms. The van der Waals surface area contributed by atoms with Crippen LogP contribution in [-0.2, 0) is 11.2 Å². The lowest BCUT2D eigenvalue weighted by atomic mass is 10.1. The molecular formula is C16H13N3O2. The summed E-state index contributed by atoms with van der Waals surface area (Å²) >= 11 is 0. The van der Waals surface area contributed by atoms with E-state index in [0.29, 0.717) is 17.3 Å². The SMILES string of the molecule is O=C(Cc1cc(-c2ccccc2)on1)Nc1ccccn1. The maximum atomic E-state index is 11.9. The second kappa shape index (κ2) is 6.00. The fourth-order valence-corrected chi connectivity index (χ4v) is 1.92. The first-order chi connectivity index (χ1) is 10.3. The molecule has 0 aliphatic rings. The average molecular weight is 279 g/mol. The van der Waals surface area contributed by atoms with E-state index in [9.17, 15) is 4.79 Å². The Kier molecular flexibility index (Phi) is 3.73. The van der Waals surface area contributed by atoms with Crippen molar-refractivity contribution in [1.29, 1.82) is 0 Å². The molecule has 0 unspecified atom stereocenters. The maximum absolute atomic E-state index is 11.9. The Bertz CT molecular complexity index is 724. The van der Waals surface area contributed by atoms with Gasteiger partial charge in [0.25, 0.3) is 0 Å². The summed E-state index contributed by atoms with van der Waals surface area (Å²) in [6.07, 6.45) is 1.77. The van der Waals surface area contributed by atoms with E-state index in [2.05, 4.69) is 15.5 Å². The highest BCUT2D eigenvalue weighted by atomic mass is 16.5. The third-order valence-electron chi connectivity index (χ3n) is 2.89. The Morgan fingerprint density at radius 2 is 1.90 bits per heavy atom. The molecule has 3 aromatic rings. The molecule has 1 N–H and O–H groups in total. The molecule has 0 radical (unpaired) electrons. The van der Waals surface area contributed by atoms with Crippen LogP contribution in [-0.4, -0.2) is 16.0 Å². The second-order valence-corrected chi connectivity index (χ2v) is 4.49. The van der Waals surface area contributed by atoms with E-state index in [4.69, 9.17) is 4.52 Å². The van der Waals surface area contributed by atoms with Crippen LogP contribution in [0.25, 0.3) is 11.3 Å². The highest BCUT2D eigenvalue weighted by Crippen LogP contribution is 2.19. The van der Waals surface area contributed by atoms with Gasteiger partial charge in [0.15, 0.2) is 5.76 Å². The average Bonchev–Trinajstić information content (AvgIpc) is 2.97. The number of hydrogen-bond acceptors (Lipinski definition) is 4. The molecule has 0 atom stereocenters. The highest BCUT2D eigenvalue weighted by Gasteiger charge is 2.10. The van der Waals surface area contributed by atoms with Crippen LogP contribution in [0, 0.1) is 0 Å². The van der Waals surface area contributed by atoms with Gasteiger partial charge in [-0.2, -0.15) is 0 Å². The van der Waals surface area contributed by atoms with Crippen LogP contribution in [0.5, 0.6) is 0 Å². The summed E-state index contributed by atoms with van der Waals surface area (Å²) in [4.78, 5) is 15.9. The van der Waals surface area contributed by atoms with Gasteiger partial charge in [-0.05, 0) is 12.1 Å². The van der Waals surface area contributed by atoms with Gasteiger partial charge in [0.1, 0.15) is 5.82 Å². The third-order valence-corrected chi connectivity index (χ3v) is 2.89. The third kappa shape index (κ3) is 3.33. The van der Waals surface area contributed by atoms with E-state index in [1.54, 1.807) is 24.4 Å². The molecule has 0 fully saturated rings. The quantitative estimate of drug-likeness (QED) is 0.797. The fourth-order valence-electron chi connectivity index (χ4n) is 1.92. The van der Waals surface area contributed by atoms with Gasteiger partial charge in [0, 0.05) is 17.8 Å². The molecule has 2 aromatic heterocycles. The van der Waals surface area contributed by atoms with Gasteiger partial charge in [0.2, 0.25) is 5.91 Å². The molecule has 104 valence electrons. The number of pyridine rings is 1. The normalized spacial score (nSPS) is 10.3. The lowest BCUT2D eigenvalue weighted by Gasteiger charge is -2.01.